The summed E-state index contributed by atoms with van der Waals surface area (Å²) < 4.78 is 7.27. The number of aromatic nitrogens is 4. The van der Waals surface area contributed by atoms with E-state index in [-0.39, 0.29) is 11.4 Å². The molecule has 0 aliphatic rings. The van der Waals surface area contributed by atoms with Gasteiger partial charge >= 0.3 is 0 Å². The molecule has 0 radical (unpaired) electrons. The van der Waals surface area contributed by atoms with Crippen molar-refractivity contribution in [3.05, 3.63) is 78.5 Å². The second-order valence-electron chi connectivity index (χ2n) is 5.64. The van der Waals surface area contributed by atoms with Crippen LogP contribution in [-0.4, -0.2) is 19.7 Å². The lowest BCUT2D eigenvalue weighted by Gasteiger charge is -2.10. The summed E-state index contributed by atoms with van der Waals surface area (Å²) in [4.78, 5) is 9.04. The van der Waals surface area contributed by atoms with Gasteiger partial charge in [0.15, 0.2) is 11.6 Å². The molecular formula is C20H14N6O. The van der Waals surface area contributed by atoms with E-state index in [4.69, 9.17) is 15.7 Å². The van der Waals surface area contributed by atoms with Crippen molar-refractivity contribution >= 4 is 5.82 Å². The van der Waals surface area contributed by atoms with Crippen molar-refractivity contribution in [1.82, 2.24) is 19.7 Å². The van der Waals surface area contributed by atoms with Gasteiger partial charge in [-0.05, 0) is 12.1 Å². The first kappa shape index (κ1) is 16.3. The van der Waals surface area contributed by atoms with Crippen molar-refractivity contribution in [3.8, 4) is 34.9 Å². The van der Waals surface area contributed by atoms with E-state index in [2.05, 4.69) is 15.1 Å². The molecule has 0 saturated carbocycles. The Bertz CT molecular complexity index is 1120. The van der Waals surface area contributed by atoms with Crippen molar-refractivity contribution in [2.75, 3.05) is 5.73 Å². The fourth-order valence-electron chi connectivity index (χ4n) is 2.53. The molecule has 2 aromatic heterocycles. The summed E-state index contributed by atoms with van der Waals surface area (Å²) in [6.07, 6.45) is 1.40. The maximum absolute atomic E-state index is 9.12. The van der Waals surface area contributed by atoms with Gasteiger partial charge in [0.2, 0.25) is 5.88 Å². The number of benzene rings is 2. The minimum atomic E-state index is 0.209. The highest BCUT2D eigenvalue weighted by Crippen LogP contribution is 2.26. The molecule has 0 atom stereocenters. The molecule has 0 amide bonds. The molecule has 130 valence electrons. The van der Waals surface area contributed by atoms with E-state index >= 15 is 0 Å². The molecule has 2 N–H and O–H groups in total. The molecule has 27 heavy (non-hydrogen) atoms. The zero-order chi connectivity index (χ0) is 18.6. The third kappa shape index (κ3) is 3.32. The Kier molecular flexibility index (Phi) is 4.21. The highest BCUT2D eigenvalue weighted by atomic mass is 16.5. The Morgan fingerprint density at radius 3 is 2.33 bits per heavy atom. The Balaban J connectivity index is 1.84. The van der Waals surface area contributed by atoms with Gasteiger partial charge < -0.3 is 10.5 Å². The highest BCUT2D eigenvalue weighted by molar-refractivity contribution is 5.58. The molecule has 4 aromatic rings. The summed E-state index contributed by atoms with van der Waals surface area (Å²) in [6.45, 7) is 0. The van der Waals surface area contributed by atoms with Crippen molar-refractivity contribution in [2.45, 2.75) is 0 Å². The Morgan fingerprint density at radius 2 is 1.67 bits per heavy atom. The minimum absolute atomic E-state index is 0.209. The van der Waals surface area contributed by atoms with Crippen LogP contribution in [0.4, 0.5) is 5.82 Å². The fourth-order valence-corrected chi connectivity index (χ4v) is 2.53. The summed E-state index contributed by atoms with van der Waals surface area (Å²) in [6, 6.07) is 22.5. The summed E-state index contributed by atoms with van der Waals surface area (Å²) in [7, 11) is 0. The third-order valence-corrected chi connectivity index (χ3v) is 3.83. The first-order valence-corrected chi connectivity index (χ1v) is 8.16. The van der Waals surface area contributed by atoms with E-state index in [1.807, 2.05) is 66.7 Å². The predicted molar refractivity (Wildman–Crippen MR) is 100 cm³/mol. The SMILES string of the molecule is N#Cc1cnn(-c2cc(Oc3ccccc3)nc(-c3ccccc3)n2)c1N. The van der Waals surface area contributed by atoms with Crippen LogP contribution in [0, 0.1) is 11.3 Å². The number of ether oxygens (including phenoxy) is 1. The van der Waals surface area contributed by atoms with Gasteiger partial charge in [0.05, 0.1) is 6.20 Å². The van der Waals surface area contributed by atoms with Crippen LogP contribution in [0.2, 0.25) is 0 Å². The number of rotatable bonds is 4. The molecule has 2 aromatic carbocycles. The third-order valence-electron chi connectivity index (χ3n) is 3.83. The average Bonchev–Trinajstić information content (AvgIpc) is 3.10. The van der Waals surface area contributed by atoms with Gasteiger partial charge in [0, 0.05) is 11.6 Å². The standard InChI is InChI=1S/C20H14N6O/c21-12-15-13-23-26(19(15)22)17-11-18(27-16-9-5-2-6-10-16)25-20(24-17)14-7-3-1-4-8-14/h1-11,13H,22H2. The molecule has 7 nitrogen and oxygen atoms in total. The smallest absolute Gasteiger partial charge is 0.225 e. The van der Waals surface area contributed by atoms with Gasteiger partial charge in [-0.25, -0.2) is 4.98 Å². The minimum Gasteiger partial charge on any atom is -0.439 e. The molecule has 0 aliphatic heterocycles. The van der Waals surface area contributed by atoms with Crippen LogP contribution < -0.4 is 10.5 Å². The van der Waals surface area contributed by atoms with Gasteiger partial charge in [0.1, 0.15) is 23.2 Å². The van der Waals surface area contributed by atoms with Crippen molar-refractivity contribution < 1.29 is 4.74 Å². The van der Waals surface area contributed by atoms with Crippen LogP contribution in [0.3, 0.4) is 0 Å². The lowest BCUT2D eigenvalue weighted by atomic mass is 10.2. The molecule has 0 aliphatic carbocycles. The van der Waals surface area contributed by atoms with Crippen molar-refractivity contribution in [2.24, 2.45) is 0 Å². The lowest BCUT2D eigenvalue weighted by molar-refractivity contribution is 0.461. The number of anilines is 1. The molecule has 0 unspecified atom stereocenters. The molecule has 0 saturated heterocycles. The van der Waals surface area contributed by atoms with E-state index in [0.717, 1.165) is 5.56 Å². The number of hydrogen-bond acceptors (Lipinski definition) is 6. The maximum atomic E-state index is 9.12. The molecule has 0 fully saturated rings. The lowest BCUT2D eigenvalue weighted by Crippen LogP contribution is -2.07. The molecule has 4 rings (SSSR count). The van der Waals surface area contributed by atoms with E-state index in [9.17, 15) is 0 Å². The van der Waals surface area contributed by atoms with Crippen LogP contribution in [0.25, 0.3) is 17.2 Å². The number of para-hydroxylation sites is 1. The Labute approximate surface area is 155 Å². The summed E-state index contributed by atoms with van der Waals surface area (Å²) in [5, 5.41) is 13.3. The Morgan fingerprint density at radius 1 is 0.963 bits per heavy atom. The van der Waals surface area contributed by atoms with Crippen LogP contribution in [0.15, 0.2) is 72.9 Å². The molecule has 7 heteroatoms. The van der Waals surface area contributed by atoms with Gasteiger partial charge in [-0.2, -0.15) is 20.0 Å². The first-order valence-electron chi connectivity index (χ1n) is 8.16. The fraction of sp³-hybridized carbons (Fsp3) is 0. The molecule has 0 bridgehead atoms. The largest absolute Gasteiger partial charge is 0.439 e. The number of nitrogens with zero attached hydrogens (tertiary/aromatic N) is 5. The average molecular weight is 354 g/mol. The molecule has 0 spiro atoms. The summed E-state index contributed by atoms with van der Waals surface area (Å²) in [5.41, 5.74) is 7.11. The second kappa shape index (κ2) is 6.98. The van der Waals surface area contributed by atoms with Crippen LogP contribution >= 0.6 is 0 Å². The van der Waals surface area contributed by atoms with E-state index in [1.54, 1.807) is 6.07 Å². The number of nitriles is 1. The van der Waals surface area contributed by atoms with Crippen LogP contribution in [-0.2, 0) is 0 Å². The predicted octanol–water partition coefficient (Wildman–Crippen LogP) is 3.58. The van der Waals surface area contributed by atoms with Crippen LogP contribution in [0.5, 0.6) is 11.6 Å². The van der Waals surface area contributed by atoms with Gasteiger partial charge in [-0.1, -0.05) is 48.5 Å². The van der Waals surface area contributed by atoms with E-state index in [0.29, 0.717) is 23.3 Å². The first-order chi connectivity index (χ1) is 13.2. The molecule has 2 heterocycles. The zero-order valence-corrected chi connectivity index (χ0v) is 14.1. The second-order valence-corrected chi connectivity index (χ2v) is 5.64. The number of hydrogen-bond donors (Lipinski definition) is 1. The normalized spacial score (nSPS) is 10.3. The molecular weight excluding hydrogens is 340 g/mol. The van der Waals surface area contributed by atoms with Crippen molar-refractivity contribution in [1.29, 1.82) is 5.26 Å². The van der Waals surface area contributed by atoms with Gasteiger partial charge in [0.25, 0.3) is 0 Å². The monoisotopic (exact) mass is 354 g/mol. The quantitative estimate of drug-likeness (QED) is 0.601. The number of nitrogens with two attached hydrogens (primary N) is 1. The van der Waals surface area contributed by atoms with Crippen molar-refractivity contribution in [3.63, 3.8) is 0 Å². The topological polar surface area (TPSA) is 103 Å². The highest BCUT2D eigenvalue weighted by Gasteiger charge is 2.14. The maximum Gasteiger partial charge on any atom is 0.225 e. The number of nitrogen functional groups attached to an aromatic ring is 1. The van der Waals surface area contributed by atoms with E-state index < -0.39 is 0 Å². The zero-order valence-electron chi connectivity index (χ0n) is 14.1. The van der Waals surface area contributed by atoms with E-state index in [1.165, 1.54) is 10.9 Å². The Hall–Kier alpha value is -4.18. The summed E-state index contributed by atoms with van der Waals surface area (Å²) in [5.74, 6) is 2.08. The van der Waals surface area contributed by atoms with Crippen LogP contribution in [0.1, 0.15) is 5.56 Å². The van der Waals surface area contributed by atoms with Gasteiger partial charge in [-0.15, -0.1) is 0 Å². The van der Waals surface area contributed by atoms with Gasteiger partial charge in [-0.3, -0.25) is 0 Å². The summed E-state index contributed by atoms with van der Waals surface area (Å²) >= 11 is 0.